The first-order valence-corrected chi connectivity index (χ1v) is 10.9. The predicted molar refractivity (Wildman–Crippen MR) is 125 cm³/mol. The third kappa shape index (κ3) is 5.81. The van der Waals surface area contributed by atoms with E-state index < -0.39 is 0 Å². The summed E-state index contributed by atoms with van der Waals surface area (Å²) in [6.07, 6.45) is 4.29. The molecule has 1 unspecified atom stereocenters. The van der Waals surface area contributed by atoms with Gasteiger partial charge in [0.1, 0.15) is 12.3 Å². The van der Waals surface area contributed by atoms with Gasteiger partial charge in [0, 0.05) is 30.7 Å². The van der Waals surface area contributed by atoms with Crippen molar-refractivity contribution in [1.29, 1.82) is 0 Å². The number of rotatable bonds is 9. The molecule has 7 nitrogen and oxygen atoms in total. The maximum Gasteiger partial charge on any atom is 0.322 e. The van der Waals surface area contributed by atoms with E-state index in [9.17, 15) is 9.59 Å². The van der Waals surface area contributed by atoms with Crippen LogP contribution in [0.25, 0.3) is 0 Å². The first-order chi connectivity index (χ1) is 15.4. The van der Waals surface area contributed by atoms with Crippen molar-refractivity contribution < 1.29 is 14.0 Å². The van der Waals surface area contributed by atoms with Gasteiger partial charge in [0.15, 0.2) is 0 Å². The number of para-hydroxylation sites is 1. The van der Waals surface area contributed by atoms with Crippen LogP contribution < -0.4 is 5.32 Å². The van der Waals surface area contributed by atoms with Gasteiger partial charge in [-0.3, -0.25) is 4.79 Å². The van der Waals surface area contributed by atoms with E-state index in [1.54, 1.807) is 16.1 Å². The maximum atomic E-state index is 13.4. The lowest BCUT2D eigenvalue weighted by Gasteiger charge is -2.31. The molecule has 0 saturated carbocycles. The summed E-state index contributed by atoms with van der Waals surface area (Å²) < 4.78 is 7.47. The van der Waals surface area contributed by atoms with Crippen molar-refractivity contribution in [3.63, 3.8) is 0 Å². The molecule has 0 bridgehead atoms. The molecule has 3 amide bonds. The Morgan fingerprint density at radius 3 is 2.50 bits per heavy atom. The zero-order chi connectivity index (χ0) is 23.1. The number of nitrogens with zero attached hydrogens (tertiary/aromatic N) is 3. The third-order valence-corrected chi connectivity index (χ3v) is 5.76. The van der Waals surface area contributed by atoms with Gasteiger partial charge in [0.2, 0.25) is 5.91 Å². The minimum Gasteiger partial charge on any atom is -0.467 e. The fourth-order valence-electron chi connectivity index (χ4n) is 3.47. The zero-order valence-electron chi connectivity index (χ0n) is 19.2. The van der Waals surface area contributed by atoms with Gasteiger partial charge in [0.25, 0.3) is 0 Å². The average Bonchev–Trinajstić information content (AvgIpc) is 3.44. The van der Waals surface area contributed by atoms with E-state index in [1.807, 2.05) is 87.1 Å². The molecule has 0 aliphatic carbocycles. The summed E-state index contributed by atoms with van der Waals surface area (Å²) in [5.41, 5.74) is 2.72. The van der Waals surface area contributed by atoms with Crippen molar-refractivity contribution in [2.45, 2.75) is 46.3 Å². The number of urea groups is 1. The Morgan fingerprint density at radius 2 is 1.88 bits per heavy atom. The number of amides is 3. The molecule has 0 fully saturated rings. The van der Waals surface area contributed by atoms with Crippen molar-refractivity contribution in [2.24, 2.45) is 7.05 Å². The van der Waals surface area contributed by atoms with Crippen molar-refractivity contribution in [3.8, 4) is 0 Å². The predicted octanol–water partition coefficient (Wildman–Crippen LogP) is 4.79. The molecule has 32 heavy (non-hydrogen) atoms. The number of carbonyl (C=O) groups excluding carboxylic acids is 2. The summed E-state index contributed by atoms with van der Waals surface area (Å²) in [5.74, 6) is 0.565. The molecule has 3 rings (SSSR count). The second-order valence-corrected chi connectivity index (χ2v) is 8.07. The summed E-state index contributed by atoms with van der Waals surface area (Å²) in [6, 6.07) is 14.8. The monoisotopic (exact) mass is 436 g/mol. The van der Waals surface area contributed by atoms with Crippen LogP contribution in [0.1, 0.15) is 37.3 Å². The summed E-state index contributed by atoms with van der Waals surface area (Å²) in [6.45, 7) is 6.66. The van der Waals surface area contributed by atoms with E-state index in [0.717, 1.165) is 23.4 Å². The molecule has 0 aliphatic heterocycles. The topological polar surface area (TPSA) is 70.7 Å². The van der Waals surface area contributed by atoms with E-state index in [4.69, 9.17) is 4.42 Å². The molecule has 7 heteroatoms. The van der Waals surface area contributed by atoms with Crippen molar-refractivity contribution >= 4 is 17.6 Å². The smallest absolute Gasteiger partial charge is 0.322 e. The van der Waals surface area contributed by atoms with Crippen LogP contribution >= 0.6 is 0 Å². The van der Waals surface area contributed by atoms with Gasteiger partial charge in [-0.1, -0.05) is 25.1 Å². The van der Waals surface area contributed by atoms with Crippen LogP contribution in [0.3, 0.4) is 0 Å². The minimum absolute atomic E-state index is 0.0160. The van der Waals surface area contributed by atoms with Crippen LogP contribution in [0.4, 0.5) is 10.5 Å². The third-order valence-electron chi connectivity index (χ3n) is 5.76. The minimum atomic E-state index is -0.279. The number of aryl methyl sites for hydroxylation is 2. The molecule has 1 N–H and O–H groups in total. The number of carbonyl (C=O) groups is 2. The van der Waals surface area contributed by atoms with Crippen LogP contribution in [-0.4, -0.2) is 38.9 Å². The highest BCUT2D eigenvalue weighted by Crippen LogP contribution is 2.17. The largest absolute Gasteiger partial charge is 0.467 e. The van der Waals surface area contributed by atoms with Gasteiger partial charge in [-0.15, -0.1) is 0 Å². The zero-order valence-corrected chi connectivity index (χ0v) is 19.2. The van der Waals surface area contributed by atoms with E-state index >= 15 is 0 Å². The first-order valence-electron chi connectivity index (χ1n) is 10.9. The molecule has 1 aromatic carbocycles. The lowest BCUT2D eigenvalue weighted by atomic mass is 10.2. The highest BCUT2D eigenvalue weighted by molar-refractivity contribution is 5.93. The summed E-state index contributed by atoms with van der Waals surface area (Å²) in [7, 11) is 1.95. The Balaban J connectivity index is 1.78. The van der Waals surface area contributed by atoms with Crippen molar-refractivity contribution in [2.75, 3.05) is 11.9 Å². The molecule has 170 valence electrons. The number of hydrogen-bond acceptors (Lipinski definition) is 3. The van der Waals surface area contributed by atoms with Crippen LogP contribution in [0, 0.1) is 6.92 Å². The fourth-order valence-corrected chi connectivity index (χ4v) is 3.47. The Hall–Kier alpha value is -3.48. The average molecular weight is 437 g/mol. The molecule has 1 atom stereocenters. The lowest BCUT2D eigenvalue weighted by molar-refractivity contribution is -0.133. The van der Waals surface area contributed by atoms with Crippen LogP contribution in [0.15, 0.2) is 65.4 Å². The Bertz CT molecular complexity index is 1030. The van der Waals surface area contributed by atoms with E-state index in [0.29, 0.717) is 18.8 Å². The molecule has 0 saturated heterocycles. The maximum absolute atomic E-state index is 13.4. The van der Waals surface area contributed by atoms with Crippen molar-refractivity contribution in [1.82, 2.24) is 14.4 Å². The molecular formula is C25H32N4O3. The second kappa shape index (κ2) is 10.7. The van der Waals surface area contributed by atoms with E-state index in [2.05, 4.69) is 5.32 Å². The van der Waals surface area contributed by atoms with E-state index in [-0.39, 0.29) is 24.5 Å². The van der Waals surface area contributed by atoms with Gasteiger partial charge in [-0.2, -0.15) is 0 Å². The molecule has 0 radical (unpaired) electrons. The number of hydrogen-bond donors (Lipinski definition) is 1. The number of furan rings is 1. The summed E-state index contributed by atoms with van der Waals surface area (Å²) >= 11 is 0. The quantitative estimate of drug-likeness (QED) is 0.524. The van der Waals surface area contributed by atoms with Gasteiger partial charge < -0.3 is 24.1 Å². The van der Waals surface area contributed by atoms with Gasteiger partial charge >= 0.3 is 6.03 Å². The number of aromatic nitrogens is 1. The number of nitrogens with one attached hydrogen (secondary N) is 1. The second-order valence-electron chi connectivity index (χ2n) is 8.07. The summed E-state index contributed by atoms with van der Waals surface area (Å²) in [5, 5.41) is 2.96. The fraction of sp³-hybridized carbons (Fsp3) is 0.360. The van der Waals surface area contributed by atoms with Crippen LogP contribution in [0.5, 0.6) is 0 Å². The lowest BCUT2D eigenvalue weighted by Crippen LogP contribution is -2.48. The Morgan fingerprint density at radius 1 is 1.09 bits per heavy atom. The highest BCUT2D eigenvalue weighted by atomic mass is 16.3. The Labute approximate surface area is 189 Å². The number of anilines is 1. The standard InChI is InChI=1S/C25H32N4O3/c1-5-20(3)29(25(31)26-23-13-7-6-10-19(23)2)18-24(30)28(17-22-12-9-15-32-22)16-21-11-8-14-27(21)4/h6-15,20H,5,16-18H2,1-4H3,(H,26,31). The highest BCUT2D eigenvalue weighted by Gasteiger charge is 2.26. The normalized spacial score (nSPS) is 11.8. The molecule has 3 aromatic rings. The van der Waals surface area contributed by atoms with Gasteiger partial charge in [0.05, 0.1) is 19.4 Å². The number of benzene rings is 1. The summed E-state index contributed by atoms with van der Waals surface area (Å²) in [4.78, 5) is 29.9. The van der Waals surface area contributed by atoms with Crippen LogP contribution in [-0.2, 0) is 24.9 Å². The van der Waals surface area contributed by atoms with E-state index in [1.165, 1.54) is 0 Å². The molecular weight excluding hydrogens is 404 g/mol. The van der Waals surface area contributed by atoms with Gasteiger partial charge in [-0.05, 0) is 56.2 Å². The van der Waals surface area contributed by atoms with Crippen LogP contribution in [0.2, 0.25) is 0 Å². The molecule has 0 aliphatic rings. The van der Waals surface area contributed by atoms with Gasteiger partial charge in [-0.25, -0.2) is 4.79 Å². The first kappa shape index (κ1) is 23.2. The molecule has 2 aromatic heterocycles. The molecule has 2 heterocycles. The molecule has 0 spiro atoms. The SMILES string of the molecule is CCC(C)N(CC(=O)N(Cc1ccco1)Cc1cccn1C)C(=O)Nc1ccccc1C. The Kier molecular flexibility index (Phi) is 7.76. The van der Waals surface area contributed by atoms with Crippen molar-refractivity contribution in [3.05, 3.63) is 78.0 Å².